The molecule has 0 unspecified atom stereocenters. The lowest BCUT2D eigenvalue weighted by atomic mass is 9.98. The van der Waals surface area contributed by atoms with Gasteiger partial charge in [0.1, 0.15) is 0 Å². The molecule has 1 heterocycles. The quantitative estimate of drug-likeness (QED) is 0.536. The number of benzene rings is 2. The number of piperidine rings is 1. The third-order valence-corrected chi connectivity index (χ3v) is 6.93. The van der Waals surface area contributed by atoms with Crippen molar-refractivity contribution < 1.29 is 22.7 Å². The summed E-state index contributed by atoms with van der Waals surface area (Å²) in [6.45, 7) is 0.589. The monoisotopic (exact) mass is 431 g/mol. The molecule has 8 nitrogen and oxygen atoms in total. The average molecular weight is 432 g/mol. The molecule has 0 spiro atoms. The maximum Gasteiger partial charge on any atom is 0.243 e. The van der Waals surface area contributed by atoms with E-state index in [-0.39, 0.29) is 16.7 Å². The maximum atomic E-state index is 12.7. The molecule has 30 heavy (non-hydrogen) atoms. The minimum Gasteiger partial charge on any atom is -0.493 e. The molecular formula is C21H25N3O5S. The van der Waals surface area contributed by atoms with Gasteiger partial charge < -0.3 is 9.47 Å². The number of carbonyl (C=O) groups excluding carboxylic acids is 1. The molecule has 9 heteroatoms. The fourth-order valence-corrected chi connectivity index (χ4v) is 4.86. The third-order valence-electron chi connectivity index (χ3n) is 5.02. The van der Waals surface area contributed by atoms with Crippen LogP contribution in [0, 0.1) is 5.92 Å². The van der Waals surface area contributed by atoms with Gasteiger partial charge in [-0.3, -0.25) is 4.79 Å². The number of hydrazone groups is 1. The summed E-state index contributed by atoms with van der Waals surface area (Å²) in [5, 5.41) is 4.02. The zero-order chi connectivity index (χ0) is 21.6. The minimum atomic E-state index is -3.53. The molecule has 0 radical (unpaired) electrons. The van der Waals surface area contributed by atoms with Crippen molar-refractivity contribution >= 4 is 22.1 Å². The van der Waals surface area contributed by atoms with Crippen LogP contribution in [0.3, 0.4) is 0 Å². The van der Waals surface area contributed by atoms with Crippen LogP contribution in [0.1, 0.15) is 18.4 Å². The molecule has 1 amide bonds. The minimum absolute atomic E-state index is 0.232. The van der Waals surface area contributed by atoms with Crippen molar-refractivity contribution in [2.75, 3.05) is 27.3 Å². The van der Waals surface area contributed by atoms with E-state index in [0.29, 0.717) is 43.0 Å². The molecule has 1 N–H and O–H groups in total. The highest BCUT2D eigenvalue weighted by atomic mass is 32.2. The van der Waals surface area contributed by atoms with Crippen LogP contribution >= 0.6 is 0 Å². The van der Waals surface area contributed by atoms with Crippen molar-refractivity contribution in [1.82, 2.24) is 9.73 Å². The first kappa shape index (κ1) is 21.8. The Morgan fingerprint density at radius 3 is 2.40 bits per heavy atom. The number of nitrogens with one attached hydrogen (secondary N) is 1. The highest BCUT2D eigenvalue weighted by Gasteiger charge is 2.31. The fourth-order valence-electron chi connectivity index (χ4n) is 3.37. The first-order valence-corrected chi connectivity index (χ1v) is 11.0. The summed E-state index contributed by atoms with van der Waals surface area (Å²) in [5.74, 6) is 0.568. The topological polar surface area (TPSA) is 97.3 Å². The van der Waals surface area contributed by atoms with Gasteiger partial charge in [-0.15, -0.1) is 0 Å². The van der Waals surface area contributed by atoms with E-state index in [0.717, 1.165) is 0 Å². The molecule has 0 bridgehead atoms. The van der Waals surface area contributed by atoms with Crippen molar-refractivity contribution in [3.63, 3.8) is 0 Å². The number of amides is 1. The third kappa shape index (κ3) is 4.80. The number of sulfonamides is 1. The van der Waals surface area contributed by atoms with E-state index in [1.165, 1.54) is 17.6 Å². The summed E-state index contributed by atoms with van der Waals surface area (Å²) in [6.07, 6.45) is 2.38. The number of ether oxygens (including phenoxy) is 2. The summed E-state index contributed by atoms with van der Waals surface area (Å²) in [7, 11) is -0.453. The van der Waals surface area contributed by atoms with E-state index in [2.05, 4.69) is 10.5 Å². The summed E-state index contributed by atoms with van der Waals surface area (Å²) >= 11 is 0. The number of carbonyl (C=O) groups is 1. The van der Waals surface area contributed by atoms with Crippen LogP contribution in [0.5, 0.6) is 11.5 Å². The normalized spacial score (nSPS) is 15.8. The molecule has 1 saturated heterocycles. The van der Waals surface area contributed by atoms with Crippen LogP contribution < -0.4 is 14.9 Å². The van der Waals surface area contributed by atoms with E-state index in [1.54, 1.807) is 55.6 Å². The number of rotatable bonds is 7. The Labute approximate surface area is 176 Å². The largest absolute Gasteiger partial charge is 0.493 e. The van der Waals surface area contributed by atoms with E-state index < -0.39 is 10.0 Å². The second kappa shape index (κ2) is 9.73. The zero-order valence-electron chi connectivity index (χ0n) is 16.9. The van der Waals surface area contributed by atoms with Gasteiger partial charge >= 0.3 is 0 Å². The average Bonchev–Trinajstić information content (AvgIpc) is 2.79. The van der Waals surface area contributed by atoms with Gasteiger partial charge in [0.15, 0.2) is 11.5 Å². The number of para-hydroxylation sites is 1. The first-order chi connectivity index (χ1) is 14.5. The van der Waals surface area contributed by atoms with Crippen molar-refractivity contribution in [2.45, 2.75) is 17.7 Å². The lowest BCUT2D eigenvalue weighted by Crippen LogP contribution is -2.42. The molecule has 160 valence electrons. The maximum absolute atomic E-state index is 12.7. The van der Waals surface area contributed by atoms with Gasteiger partial charge in [0.2, 0.25) is 15.9 Å². The van der Waals surface area contributed by atoms with Crippen LogP contribution in [-0.4, -0.2) is 52.2 Å². The van der Waals surface area contributed by atoms with Gasteiger partial charge in [0.05, 0.1) is 25.3 Å². The fraction of sp³-hybridized carbons (Fsp3) is 0.333. The second-order valence-corrected chi connectivity index (χ2v) is 8.75. The Morgan fingerprint density at radius 2 is 1.77 bits per heavy atom. The summed E-state index contributed by atoms with van der Waals surface area (Å²) in [6, 6.07) is 13.7. The highest BCUT2D eigenvalue weighted by molar-refractivity contribution is 7.89. The molecule has 0 aliphatic carbocycles. The van der Waals surface area contributed by atoms with E-state index in [4.69, 9.17) is 9.47 Å². The van der Waals surface area contributed by atoms with Crippen LogP contribution in [0.4, 0.5) is 0 Å². The molecule has 1 aliphatic rings. The molecular weight excluding hydrogens is 406 g/mol. The predicted molar refractivity (Wildman–Crippen MR) is 113 cm³/mol. The number of nitrogens with zero attached hydrogens (tertiary/aromatic N) is 2. The number of hydrogen-bond acceptors (Lipinski definition) is 6. The van der Waals surface area contributed by atoms with Crippen molar-refractivity contribution in [2.24, 2.45) is 11.0 Å². The lowest BCUT2D eigenvalue weighted by Gasteiger charge is -2.30. The molecule has 0 saturated carbocycles. The highest BCUT2D eigenvalue weighted by Crippen LogP contribution is 2.29. The van der Waals surface area contributed by atoms with Gasteiger partial charge in [0.25, 0.3) is 0 Å². The zero-order valence-corrected chi connectivity index (χ0v) is 17.8. The van der Waals surface area contributed by atoms with Crippen LogP contribution in [0.15, 0.2) is 58.5 Å². The van der Waals surface area contributed by atoms with E-state index in [1.807, 2.05) is 0 Å². The first-order valence-electron chi connectivity index (χ1n) is 9.56. The molecule has 2 aromatic carbocycles. The van der Waals surface area contributed by atoms with Crippen LogP contribution in [-0.2, 0) is 14.8 Å². The van der Waals surface area contributed by atoms with Crippen molar-refractivity contribution in [3.8, 4) is 11.5 Å². The predicted octanol–water partition coefficient (Wildman–Crippen LogP) is 2.25. The van der Waals surface area contributed by atoms with Crippen LogP contribution in [0.25, 0.3) is 0 Å². The Balaban J connectivity index is 1.57. The van der Waals surface area contributed by atoms with Crippen LogP contribution in [0.2, 0.25) is 0 Å². The molecule has 2 aromatic rings. The summed E-state index contributed by atoms with van der Waals surface area (Å²) in [4.78, 5) is 12.7. The molecule has 0 atom stereocenters. The summed E-state index contributed by atoms with van der Waals surface area (Å²) in [5.41, 5.74) is 3.21. The van der Waals surface area contributed by atoms with E-state index in [9.17, 15) is 13.2 Å². The molecule has 3 rings (SSSR count). The SMILES string of the molecule is COc1cccc(/C=N\NC(=O)C2CCN(S(=O)(=O)c3ccccc3)CC2)c1OC. The molecule has 1 fully saturated rings. The van der Waals surface area contributed by atoms with Crippen molar-refractivity contribution in [3.05, 3.63) is 54.1 Å². The van der Waals surface area contributed by atoms with Gasteiger partial charge in [-0.05, 0) is 37.1 Å². The van der Waals surface area contributed by atoms with E-state index >= 15 is 0 Å². The molecule has 1 aliphatic heterocycles. The van der Waals surface area contributed by atoms with Gasteiger partial charge in [-0.1, -0.05) is 24.3 Å². The van der Waals surface area contributed by atoms with Crippen molar-refractivity contribution in [1.29, 1.82) is 0 Å². The Morgan fingerprint density at radius 1 is 1.07 bits per heavy atom. The Hall–Kier alpha value is -2.91. The lowest BCUT2D eigenvalue weighted by molar-refractivity contribution is -0.126. The standard InChI is InChI=1S/C21H25N3O5S/c1-28-19-10-6-7-17(20(19)29-2)15-22-23-21(25)16-11-13-24(14-12-16)30(26,27)18-8-4-3-5-9-18/h3-10,15-16H,11-14H2,1-2H3,(H,23,25)/b22-15-. The smallest absolute Gasteiger partial charge is 0.243 e. The second-order valence-electron chi connectivity index (χ2n) is 6.81. The Bertz CT molecular complexity index is 1000. The van der Waals surface area contributed by atoms with Gasteiger partial charge in [-0.2, -0.15) is 9.41 Å². The van der Waals surface area contributed by atoms with Gasteiger partial charge in [0, 0.05) is 24.6 Å². The Kier molecular flexibility index (Phi) is 7.07. The van der Waals surface area contributed by atoms with Gasteiger partial charge in [-0.25, -0.2) is 13.8 Å². The number of methoxy groups -OCH3 is 2. The number of hydrogen-bond donors (Lipinski definition) is 1. The molecule has 0 aromatic heterocycles. The summed E-state index contributed by atoms with van der Waals surface area (Å²) < 4.78 is 37.4.